The molecule has 291 valence electrons. The van der Waals surface area contributed by atoms with Crippen LogP contribution in [0.25, 0.3) is 43.6 Å². The Morgan fingerprint density at radius 2 is 1.43 bits per heavy atom. The van der Waals surface area contributed by atoms with Crippen molar-refractivity contribution < 1.29 is 39.1 Å². The summed E-state index contributed by atoms with van der Waals surface area (Å²) in [5.74, 6) is 1.49. The fourth-order valence-corrected chi connectivity index (χ4v) is 7.25. The molecule has 0 amide bonds. The molecule has 5 aromatic rings. The van der Waals surface area contributed by atoms with Gasteiger partial charge in [0.05, 0.1) is 5.75 Å². The molecule has 0 aliphatic carbocycles. The van der Waals surface area contributed by atoms with E-state index in [9.17, 15) is 14.3 Å². The summed E-state index contributed by atoms with van der Waals surface area (Å²) in [6.07, 6.45) is 8.41. The van der Waals surface area contributed by atoms with E-state index < -0.39 is 0 Å². The summed E-state index contributed by atoms with van der Waals surface area (Å²) in [4.78, 5) is 17.0. The summed E-state index contributed by atoms with van der Waals surface area (Å²) in [6.45, 7) is 25.6. The summed E-state index contributed by atoms with van der Waals surface area (Å²) >= 11 is 0. The number of hydrogen-bond donors (Lipinski definition) is 1. The van der Waals surface area contributed by atoms with Crippen LogP contribution < -0.4 is 4.74 Å². The van der Waals surface area contributed by atoms with Gasteiger partial charge in [0.25, 0.3) is 0 Å². The largest absolute Gasteiger partial charge is 0.512 e. The molecule has 1 radical (unpaired) electrons. The number of aliphatic hydroxyl groups is 1. The summed E-state index contributed by atoms with van der Waals surface area (Å²) in [5.41, 5.74) is 3.85. The number of hydrogen-bond acceptors (Lipinski definition) is 4. The summed E-state index contributed by atoms with van der Waals surface area (Å²) in [5, 5.41) is 15.7. The SMILES string of the molecule is CC(C)(C)Cc1ccc2c(CC(C)(C)C)c3c([c-]c2c1)-c1nccc2c1c(cc1c(F)cccc12)O3.CCC(C)(CC)C(=O)/C=C(\O)C(C)(CC)CC.[Ir]. The van der Waals surface area contributed by atoms with Crippen LogP contribution in [0.15, 0.2) is 66.6 Å². The molecule has 0 bridgehead atoms. The molecule has 0 unspecified atom stereocenters. The van der Waals surface area contributed by atoms with Gasteiger partial charge in [0, 0.05) is 59.7 Å². The molecule has 1 aliphatic heterocycles. The Bertz CT molecular complexity index is 2200. The van der Waals surface area contributed by atoms with Crippen LogP contribution in [0.4, 0.5) is 4.39 Å². The first kappa shape index (κ1) is 43.1. The molecule has 1 aromatic heterocycles. The van der Waals surface area contributed by atoms with E-state index in [1.807, 2.05) is 65.9 Å². The molecule has 4 aromatic carbocycles. The molecule has 1 N–H and O–H groups in total. The Hall–Kier alpha value is -3.60. The standard InChI is InChI=1S/C33H31FNO.C15H28O2.Ir/c1-32(2,3)17-19-10-11-21-20(14-19)15-25-30-29-23(12-13-35-30)22-8-7-9-27(34)24(22)16-28(29)36-31(25)26(21)18-33(4,5)6;1-7-14(5,8-2)12(16)11-13(17)15(6,9-3)10-4;/h7-14,16H,17-18H2,1-6H3;11,16H,7-10H2,1-6H3;/q-1;;/b;12-11-;. The van der Waals surface area contributed by atoms with Crippen LogP contribution in [-0.2, 0) is 37.7 Å². The Labute approximate surface area is 336 Å². The second-order valence-corrected chi connectivity index (χ2v) is 18.0. The first-order chi connectivity index (χ1) is 24.8. The molecule has 54 heavy (non-hydrogen) atoms. The van der Waals surface area contributed by atoms with Crippen LogP contribution in [0.1, 0.15) is 120 Å². The normalized spacial score (nSPS) is 13.2. The summed E-state index contributed by atoms with van der Waals surface area (Å²) in [6, 6.07) is 19.4. The van der Waals surface area contributed by atoms with Crippen molar-refractivity contribution in [2.45, 2.75) is 122 Å². The zero-order chi connectivity index (χ0) is 39.1. The van der Waals surface area contributed by atoms with Gasteiger partial charge in [-0.25, -0.2) is 4.39 Å². The van der Waals surface area contributed by atoms with E-state index in [0.29, 0.717) is 11.1 Å². The minimum atomic E-state index is -0.337. The third kappa shape index (κ3) is 8.76. The molecule has 0 saturated heterocycles. The molecule has 0 atom stereocenters. The number of nitrogens with zero attached hydrogens (tertiary/aromatic N) is 1. The van der Waals surface area contributed by atoms with E-state index in [1.165, 1.54) is 17.7 Å². The average molecular weight is 909 g/mol. The zero-order valence-electron chi connectivity index (χ0n) is 34.4. The number of halogens is 1. The van der Waals surface area contributed by atoms with Crippen LogP contribution in [0.5, 0.6) is 11.5 Å². The summed E-state index contributed by atoms with van der Waals surface area (Å²) < 4.78 is 21.5. The van der Waals surface area contributed by atoms with Crippen molar-refractivity contribution in [1.82, 2.24) is 4.98 Å². The van der Waals surface area contributed by atoms with Crippen molar-refractivity contribution >= 4 is 38.1 Å². The second kappa shape index (κ2) is 16.2. The number of aliphatic hydroxyl groups excluding tert-OH is 1. The van der Waals surface area contributed by atoms with E-state index in [4.69, 9.17) is 9.72 Å². The molecule has 0 fully saturated rings. The van der Waals surface area contributed by atoms with Crippen molar-refractivity contribution in [2.75, 3.05) is 0 Å². The molecule has 0 spiro atoms. The second-order valence-electron chi connectivity index (χ2n) is 18.0. The maximum atomic E-state index is 14.8. The van der Waals surface area contributed by atoms with E-state index in [1.54, 1.807) is 6.07 Å². The van der Waals surface area contributed by atoms with E-state index in [0.717, 1.165) is 88.0 Å². The number of rotatable bonds is 9. The van der Waals surface area contributed by atoms with Gasteiger partial charge in [-0.2, -0.15) is 0 Å². The minimum absolute atomic E-state index is 0. The third-order valence-corrected chi connectivity index (χ3v) is 11.5. The molecule has 1 aliphatic rings. The number of carbonyl (C=O) groups excluding carboxylic acids is 1. The Morgan fingerprint density at radius 1 is 0.796 bits per heavy atom. The number of ketones is 1. The predicted octanol–water partition coefficient (Wildman–Crippen LogP) is 14.1. The molecular formula is C48H59FIrNO3-. The topological polar surface area (TPSA) is 59.4 Å². The van der Waals surface area contributed by atoms with Crippen molar-refractivity contribution in [1.29, 1.82) is 0 Å². The van der Waals surface area contributed by atoms with Crippen LogP contribution in [-0.4, -0.2) is 15.9 Å². The molecule has 2 heterocycles. The van der Waals surface area contributed by atoms with Gasteiger partial charge in [-0.1, -0.05) is 129 Å². The van der Waals surface area contributed by atoms with Crippen LogP contribution in [0.3, 0.4) is 0 Å². The average Bonchev–Trinajstić information content (AvgIpc) is 3.10. The fourth-order valence-electron chi connectivity index (χ4n) is 7.25. The molecule has 4 nitrogen and oxygen atoms in total. The Kier molecular flexibility index (Phi) is 13.0. The summed E-state index contributed by atoms with van der Waals surface area (Å²) in [7, 11) is 0. The molecule has 6 heteroatoms. The van der Waals surface area contributed by atoms with Crippen molar-refractivity contribution in [2.24, 2.45) is 21.7 Å². The van der Waals surface area contributed by atoms with Crippen molar-refractivity contribution in [3.8, 4) is 22.8 Å². The van der Waals surface area contributed by atoms with Crippen LogP contribution in [0.2, 0.25) is 0 Å². The van der Waals surface area contributed by atoms with Gasteiger partial charge < -0.3 is 9.84 Å². The molecule has 6 rings (SSSR count). The van der Waals surface area contributed by atoms with Gasteiger partial charge in [0.2, 0.25) is 0 Å². The zero-order valence-corrected chi connectivity index (χ0v) is 36.8. The maximum Gasteiger partial charge on any atom is 0.164 e. The van der Waals surface area contributed by atoms with Gasteiger partial charge in [-0.15, -0.1) is 17.5 Å². The maximum absolute atomic E-state index is 14.8. The minimum Gasteiger partial charge on any atom is -0.512 e. The van der Waals surface area contributed by atoms with E-state index in [2.05, 4.69) is 65.8 Å². The van der Waals surface area contributed by atoms with Crippen molar-refractivity contribution in [3.63, 3.8) is 0 Å². The molecule has 0 saturated carbocycles. The number of benzene rings is 4. The van der Waals surface area contributed by atoms with Crippen LogP contribution >= 0.6 is 0 Å². The fraction of sp³-hybridized carbons (Fsp3) is 0.458. The monoisotopic (exact) mass is 909 g/mol. The number of allylic oxidation sites excluding steroid dienone is 2. The van der Waals surface area contributed by atoms with Crippen molar-refractivity contribution in [3.05, 3.63) is 89.6 Å². The van der Waals surface area contributed by atoms with Gasteiger partial charge in [0.15, 0.2) is 5.78 Å². The van der Waals surface area contributed by atoms with Gasteiger partial charge in [0.1, 0.15) is 17.3 Å². The quantitative estimate of drug-likeness (QED) is 0.0680. The predicted molar refractivity (Wildman–Crippen MR) is 220 cm³/mol. The third-order valence-electron chi connectivity index (χ3n) is 11.5. The van der Waals surface area contributed by atoms with Gasteiger partial charge in [-0.3, -0.25) is 9.78 Å². The number of fused-ring (bicyclic) bond motifs is 5. The van der Waals surface area contributed by atoms with Gasteiger partial charge in [-0.05, 0) is 78.3 Å². The Balaban J connectivity index is 0.000000309. The van der Waals surface area contributed by atoms with E-state index in [-0.39, 0.29) is 59.1 Å². The first-order valence-corrected chi connectivity index (χ1v) is 19.4. The van der Waals surface area contributed by atoms with E-state index >= 15 is 0 Å². The number of carbonyl (C=O) groups is 1. The number of aromatic nitrogens is 1. The number of pyridine rings is 1. The van der Waals surface area contributed by atoms with Crippen LogP contribution in [0, 0.1) is 33.5 Å². The first-order valence-electron chi connectivity index (χ1n) is 19.4. The Morgan fingerprint density at radius 3 is 2.02 bits per heavy atom. The molecular weight excluding hydrogens is 850 g/mol. The number of ether oxygens (including phenoxy) is 1. The van der Waals surface area contributed by atoms with Gasteiger partial charge >= 0.3 is 0 Å². The smallest absolute Gasteiger partial charge is 0.164 e.